The zero-order valence-electron chi connectivity index (χ0n) is 14.6. The van der Waals surface area contributed by atoms with E-state index in [1.807, 2.05) is 0 Å². The predicted octanol–water partition coefficient (Wildman–Crippen LogP) is 3.05. The number of nitro benzene ring substituents is 1. The summed E-state index contributed by atoms with van der Waals surface area (Å²) in [6.45, 7) is 0. The first-order valence-electron chi connectivity index (χ1n) is 7.83. The summed E-state index contributed by atoms with van der Waals surface area (Å²) in [6.07, 6.45) is 4.55. The molecule has 9 nitrogen and oxygen atoms in total. The average molecular weight is 368 g/mol. The molecule has 0 aliphatic heterocycles. The van der Waals surface area contributed by atoms with Crippen LogP contribution in [0.1, 0.15) is 10.4 Å². The Kier molecular flexibility index (Phi) is 5.02. The van der Waals surface area contributed by atoms with Crippen LogP contribution < -0.4 is 14.8 Å². The number of methoxy groups -OCH3 is 2. The Labute approximate surface area is 154 Å². The lowest BCUT2D eigenvalue weighted by atomic mass is 10.1. The van der Waals surface area contributed by atoms with Crippen LogP contribution in [-0.2, 0) is 0 Å². The number of rotatable bonds is 6. The van der Waals surface area contributed by atoms with E-state index in [0.717, 1.165) is 0 Å². The Morgan fingerprint density at radius 3 is 2.41 bits per heavy atom. The van der Waals surface area contributed by atoms with Crippen molar-refractivity contribution in [2.24, 2.45) is 0 Å². The highest BCUT2D eigenvalue weighted by atomic mass is 16.6. The number of hydrogen-bond donors (Lipinski definition) is 1. The number of carbonyl (C=O) groups is 1. The number of hydrogen-bond acceptors (Lipinski definition) is 6. The molecule has 0 fully saturated rings. The van der Waals surface area contributed by atoms with Crippen molar-refractivity contribution in [2.45, 2.75) is 0 Å². The van der Waals surface area contributed by atoms with Crippen LogP contribution in [0.4, 0.5) is 11.4 Å². The molecule has 1 aromatic heterocycles. The molecule has 0 radical (unpaired) electrons. The van der Waals surface area contributed by atoms with Gasteiger partial charge in [-0.05, 0) is 12.1 Å². The zero-order valence-corrected chi connectivity index (χ0v) is 14.6. The molecule has 0 saturated carbocycles. The average Bonchev–Trinajstić information content (AvgIpc) is 3.21. The Bertz CT molecular complexity index is 963. The fourth-order valence-electron chi connectivity index (χ4n) is 2.51. The standard InChI is InChI=1S/C18H16N4O5/c1-26-14-8-13(9-15(10-14)27-2)20-18(23)12-3-4-16(17(7-12)22(24)25)21-6-5-19-11-21/h3-11H,1-2H3,(H,20,23). The molecule has 0 bridgehead atoms. The fraction of sp³-hybridized carbons (Fsp3) is 0.111. The number of carbonyl (C=O) groups excluding carboxylic acids is 1. The molecule has 3 aromatic rings. The molecule has 9 heteroatoms. The number of nitro groups is 1. The normalized spacial score (nSPS) is 10.3. The van der Waals surface area contributed by atoms with Crippen LogP contribution in [0.5, 0.6) is 11.5 Å². The van der Waals surface area contributed by atoms with Gasteiger partial charge in [0.1, 0.15) is 17.2 Å². The van der Waals surface area contributed by atoms with Gasteiger partial charge >= 0.3 is 0 Å². The van der Waals surface area contributed by atoms with E-state index in [1.54, 1.807) is 24.4 Å². The van der Waals surface area contributed by atoms with Gasteiger partial charge in [-0.15, -0.1) is 0 Å². The lowest BCUT2D eigenvalue weighted by Gasteiger charge is -2.10. The summed E-state index contributed by atoms with van der Waals surface area (Å²) >= 11 is 0. The summed E-state index contributed by atoms with van der Waals surface area (Å²) in [5.41, 5.74) is 0.700. The lowest BCUT2D eigenvalue weighted by molar-refractivity contribution is -0.384. The molecule has 0 saturated heterocycles. The van der Waals surface area contributed by atoms with Gasteiger partial charge in [-0.2, -0.15) is 0 Å². The molecule has 3 rings (SSSR count). The highest BCUT2D eigenvalue weighted by molar-refractivity contribution is 6.05. The van der Waals surface area contributed by atoms with Gasteiger partial charge in [0.05, 0.1) is 25.5 Å². The van der Waals surface area contributed by atoms with Crippen molar-refractivity contribution in [3.8, 4) is 17.2 Å². The summed E-state index contributed by atoms with van der Waals surface area (Å²) in [7, 11) is 3.00. The Morgan fingerprint density at radius 1 is 1.15 bits per heavy atom. The van der Waals surface area contributed by atoms with Crippen molar-refractivity contribution in [2.75, 3.05) is 19.5 Å². The Balaban J connectivity index is 1.91. The van der Waals surface area contributed by atoms with E-state index in [9.17, 15) is 14.9 Å². The largest absolute Gasteiger partial charge is 0.497 e. The molecular formula is C18H16N4O5. The molecule has 0 spiro atoms. The minimum Gasteiger partial charge on any atom is -0.497 e. The maximum Gasteiger partial charge on any atom is 0.294 e. The second-order valence-corrected chi connectivity index (χ2v) is 5.49. The molecule has 0 aliphatic rings. The van der Waals surface area contributed by atoms with E-state index in [1.165, 1.54) is 49.5 Å². The number of anilines is 1. The van der Waals surface area contributed by atoms with E-state index in [0.29, 0.717) is 22.9 Å². The first-order chi connectivity index (χ1) is 13.0. The summed E-state index contributed by atoms with van der Waals surface area (Å²) < 4.78 is 11.8. The zero-order chi connectivity index (χ0) is 19.4. The second-order valence-electron chi connectivity index (χ2n) is 5.49. The number of ether oxygens (including phenoxy) is 2. The lowest BCUT2D eigenvalue weighted by Crippen LogP contribution is -2.13. The van der Waals surface area contributed by atoms with Crippen LogP contribution in [-0.4, -0.2) is 34.6 Å². The maximum absolute atomic E-state index is 12.6. The summed E-state index contributed by atoms with van der Waals surface area (Å²) in [4.78, 5) is 27.3. The maximum atomic E-state index is 12.6. The molecule has 138 valence electrons. The van der Waals surface area contributed by atoms with E-state index in [-0.39, 0.29) is 11.3 Å². The summed E-state index contributed by atoms with van der Waals surface area (Å²) in [6, 6.07) is 9.14. The molecular weight excluding hydrogens is 352 g/mol. The smallest absolute Gasteiger partial charge is 0.294 e. The first-order valence-corrected chi connectivity index (χ1v) is 7.83. The molecule has 1 N–H and O–H groups in total. The van der Waals surface area contributed by atoms with Crippen molar-refractivity contribution in [3.63, 3.8) is 0 Å². The van der Waals surface area contributed by atoms with Gasteiger partial charge in [0.15, 0.2) is 0 Å². The minimum atomic E-state index is -0.541. The number of amides is 1. The Hall–Kier alpha value is -3.88. The topological polar surface area (TPSA) is 109 Å². The third kappa shape index (κ3) is 3.87. The van der Waals surface area contributed by atoms with Crippen molar-refractivity contribution in [1.82, 2.24) is 9.55 Å². The molecule has 1 heterocycles. The highest BCUT2D eigenvalue weighted by Gasteiger charge is 2.19. The second kappa shape index (κ2) is 7.56. The van der Waals surface area contributed by atoms with E-state index < -0.39 is 10.8 Å². The van der Waals surface area contributed by atoms with Crippen LogP contribution in [0.2, 0.25) is 0 Å². The van der Waals surface area contributed by atoms with Gasteiger partial charge in [0, 0.05) is 47.9 Å². The summed E-state index contributed by atoms with van der Waals surface area (Å²) in [5, 5.41) is 14.1. The SMILES string of the molecule is COc1cc(NC(=O)c2ccc(-n3ccnc3)c([N+](=O)[O-])c2)cc(OC)c1. The fourth-order valence-corrected chi connectivity index (χ4v) is 2.51. The quantitative estimate of drug-likeness (QED) is 0.529. The van der Waals surface area contributed by atoms with Gasteiger partial charge in [0.25, 0.3) is 11.6 Å². The van der Waals surface area contributed by atoms with Gasteiger partial charge in [-0.3, -0.25) is 14.9 Å². The van der Waals surface area contributed by atoms with Crippen LogP contribution in [0.25, 0.3) is 5.69 Å². The van der Waals surface area contributed by atoms with Crippen LogP contribution in [0.3, 0.4) is 0 Å². The van der Waals surface area contributed by atoms with Crippen LogP contribution in [0, 0.1) is 10.1 Å². The number of nitrogens with one attached hydrogen (secondary N) is 1. The van der Waals surface area contributed by atoms with Crippen LogP contribution >= 0.6 is 0 Å². The number of imidazole rings is 1. The molecule has 0 unspecified atom stereocenters. The first kappa shape index (κ1) is 17.9. The monoisotopic (exact) mass is 368 g/mol. The van der Waals surface area contributed by atoms with Gasteiger partial charge in [0.2, 0.25) is 0 Å². The minimum absolute atomic E-state index is 0.146. The van der Waals surface area contributed by atoms with Gasteiger partial charge in [-0.1, -0.05) is 0 Å². The molecule has 27 heavy (non-hydrogen) atoms. The molecule has 0 aliphatic carbocycles. The van der Waals surface area contributed by atoms with Crippen molar-refractivity contribution < 1.29 is 19.2 Å². The van der Waals surface area contributed by atoms with Crippen molar-refractivity contribution in [3.05, 3.63) is 70.8 Å². The van der Waals surface area contributed by atoms with Gasteiger partial charge in [-0.25, -0.2) is 4.98 Å². The van der Waals surface area contributed by atoms with Crippen LogP contribution in [0.15, 0.2) is 55.1 Å². The third-order valence-corrected chi connectivity index (χ3v) is 3.83. The van der Waals surface area contributed by atoms with E-state index in [2.05, 4.69) is 10.3 Å². The predicted molar refractivity (Wildman–Crippen MR) is 97.7 cm³/mol. The van der Waals surface area contributed by atoms with E-state index >= 15 is 0 Å². The highest BCUT2D eigenvalue weighted by Crippen LogP contribution is 2.27. The van der Waals surface area contributed by atoms with Crippen molar-refractivity contribution in [1.29, 1.82) is 0 Å². The number of nitrogens with zero attached hydrogens (tertiary/aromatic N) is 3. The van der Waals surface area contributed by atoms with Gasteiger partial charge < -0.3 is 19.4 Å². The van der Waals surface area contributed by atoms with E-state index in [4.69, 9.17) is 9.47 Å². The molecule has 1 amide bonds. The number of aromatic nitrogens is 2. The Morgan fingerprint density at radius 2 is 1.85 bits per heavy atom. The van der Waals surface area contributed by atoms with Crippen molar-refractivity contribution >= 4 is 17.3 Å². The molecule has 0 atom stereocenters. The number of benzene rings is 2. The molecule has 2 aromatic carbocycles. The third-order valence-electron chi connectivity index (χ3n) is 3.83. The summed E-state index contributed by atoms with van der Waals surface area (Å²) in [5.74, 6) is 0.516.